The summed E-state index contributed by atoms with van der Waals surface area (Å²) in [5.74, 6) is 0.0589. The highest BCUT2D eigenvalue weighted by atomic mass is 35.5. The van der Waals surface area contributed by atoms with Crippen LogP contribution in [0, 0.1) is 24.2 Å². The topological polar surface area (TPSA) is 46.9 Å². The van der Waals surface area contributed by atoms with E-state index in [4.69, 9.17) is 23.2 Å². The molecule has 1 N–H and O–H groups in total. The van der Waals surface area contributed by atoms with Crippen LogP contribution < -0.4 is 5.32 Å². The summed E-state index contributed by atoms with van der Waals surface area (Å²) in [5, 5.41) is 7.12. The number of carbonyl (C=O) groups is 1. The van der Waals surface area contributed by atoms with Gasteiger partial charge in [0.25, 0.3) is 0 Å². The molecule has 1 amide bonds. The number of aromatic nitrogens is 2. The Balaban J connectivity index is 1.97. The third-order valence-electron chi connectivity index (χ3n) is 4.29. The summed E-state index contributed by atoms with van der Waals surface area (Å²) in [6, 6.07) is 0. The van der Waals surface area contributed by atoms with Crippen LogP contribution in [0.2, 0.25) is 0 Å². The van der Waals surface area contributed by atoms with E-state index < -0.39 is 0 Å². The first-order chi connectivity index (χ1) is 9.25. The van der Waals surface area contributed by atoms with Gasteiger partial charge in [0, 0.05) is 24.8 Å². The highest BCUT2D eigenvalue weighted by Gasteiger charge is 2.60. The molecule has 0 radical (unpaired) electrons. The van der Waals surface area contributed by atoms with Crippen molar-refractivity contribution in [1.29, 1.82) is 0 Å². The van der Waals surface area contributed by atoms with Crippen LogP contribution in [-0.2, 0) is 18.4 Å². The molecule has 0 aliphatic heterocycles. The number of hydrogen-bond donors (Lipinski definition) is 1. The second kappa shape index (κ2) is 5.41. The molecule has 0 bridgehead atoms. The maximum atomic E-state index is 12.3. The van der Waals surface area contributed by atoms with Gasteiger partial charge in [-0.2, -0.15) is 5.10 Å². The van der Waals surface area contributed by atoms with E-state index in [0.29, 0.717) is 6.54 Å². The van der Waals surface area contributed by atoms with E-state index in [2.05, 4.69) is 10.4 Å². The molecule has 0 saturated heterocycles. The Morgan fingerprint density at radius 1 is 1.55 bits per heavy atom. The Labute approximate surface area is 129 Å². The average molecular weight is 316 g/mol. The van der Waals surface area contributed by atoms with E-state index in [9.17, 15) is 4.79 Å². The Hall–Kier alpha value is -1.00. The second-order valence-corrected chi connectivity index (χ2v) is 6.89. The van der Waals surface area contributed by atoms with Gasteiger partial charge in [0.05, 0.1) is 12.1 Å². The van der Waals surface area contributed by atoms with E-state index in [-0.39, 0.29) is 27.6 Å². The van der Waals surface area contributed by atoms with Gasteiger partial charge in [0.2, 0.25) is 5.91 Å². The number of halogens is 2. The molecular formula is C14H19Cl2N3O. The summed E-state index contributed by atoms with van der Waals surface area (Å²) in [5.41, 5.74) is 1.99. The largest absolute Gasteiger partial charge is 0.352 e. The molecule has 1 aliphatic carbocycles. The minimum atomic E-state index is -0.0942. The van der Waals surface area contributed by atoms with Crippen LogP contribution in [0.15, 0.2) is 16.8 Å². The van der Waals surface area contributed by atoms with Crippen LogP contribution in [-0.4, -0.2) is 15.7 Å². The fraction of sp³-hybridized carbons (Fsp3) is 0.571. The Bertz CT molecular complexity index is 559. The van der Waals surface area contributed by atoms with Crippen molar-refractivity contribution in [2.24, 2.45) is 24.3 Å². The van der Waals surface area contributed by atoms with Crippen LogP contribution in [0.25, 0.3) is 0 Å². The molecule has 1 heterocycles. The molecule has 0 spiro atoms. The third kappa shape index (κ3) is 2.86. The van der Waals surface area contributed by atoms with Crippen LogP contribution in [0.5, 0.6) is 0 Å². The smallest absolute Gasteiger partial charge is 0.224 e. The average Bonchev–Trinajstić information content (AvgIpc) is 2.71. The zero-order valence-electron chi connectivity index (χ0n) is 12.1. The van der Waals surface area contributed by atoms with Crippen molar-refractivity contribution in [3.05, 3.63) is 28.0 Å². The molecule has 110 valence electrons. The van der Waals surface area contributed by atoms with Gasteiger partial charge in [0.15, 0.2) is 0 Å². The fourth-order valence-corrected chi connectivity index (χ4v) is 2.91. The standard InChI is InChI=1S/C14H19Cl2N3O/c1-8-9(7-18-19(8)4)6-17-13(20)12-10(5-11(15)16)14(12,2)3/h5,7,10,12H,6H2,1-4H3,(H,17,20)/t10-,12-/m0/s1. The van der Waals surface area contributed by atoms with Crippen LogP contribution in [0.3, 0.4) is 0 Å². The normalized spacial score (nSPS) is 23.3. The van der Waals surface area contributed by atoms with Gasteiger partial charge in [-0.1, -0.05) is 37.0 Å². The first-order valence-corrected chi connectivity index (χ1v) is 7.28. The monoisotopic (exact) mass is 315 g/mol. The van der Waals surface area contributed by atoms with E-state index in [0.717, 1.165) is 11.3 Å². The molecule has 2 atom stereocenters. The summed E-state index contributed by atoms with van der Waals surface area (Å²) in [6.45, 7) is 6.57. The maximum Gasteiger partial charge on any atom is 0.224 e. The summed E-state index contributed by atoms with van der Waals surface area (Å²) >= 11 is 11.4. The molecule has 1 saturated carbocycles. The molecule has 1 aromatic heterocycles. The number of allylic oxidation sites excluding steroid dienone is 1. The van der Waals surface area contributed by atoms with Crippen molar-refractivity contribution in [2.75, 3.05) is 0 Å². The van der Waals surface area contributed by atoms with E-state index in [1.807, 2.05) is 27.8 Å². The quantitative estimate of drug-likeness (QED) is 0.928. The van der Waals surface area contributed by atoms with Crippen LogP contribution >= 0.6 is 23.2 Å². The zero-order valence-corrected chi connectivity index (χ0v) is 13.6. The van der Waals surface area contributed by atoms with E-state index in [1.165, 1.54) is 0 Å². The summed E-state index contributed by atoms with van der Waals surface area (Å²) < 4.78 is 2.02. The lowest BCUT2D eigenvalue weighted by Gasteiger charge is -2.06. The summed E-state index contributed by atoms with van der Waals surface area (Å²) in [6.07, 6.45) is 3.53. The van der Waals surface area contributed by atoms with Crippen molar-refractivity contribution < 1.29 is 4.79 Å². The Kier molecular flexibility index (Phi) is 4.17. The molecule has 20 heavy (non-hydrogen) atoms. The van der Waals surface area contributed by atoms with Gasteiger partial charge in [-0.15, -0.1) is 0 Å². The number of carbonyl (C=O) groups excluding carboxylic acids is 1. The van der Waals surface area contributed by atoms with E-state index >= 15 is 0 Å². The molecule has 0 aromatic carbocycles. The summed E-state index contributed by atoms with van der Waals surface area (Å²) in [7, 11) is 1.88. The first-order valence-electron chi connectivity index (χ1n) is 6.53. The Morgan fingerprint density at radius 3 is 2.70 bits per heavy atom. The van der Waals surface area contributed by atoms with Gasteiger partial charge in [-0.25, -0.2) is 0 Å². The molecule has 6 heteroatoms. The Morgan fingerprint density at radius 2 is 2.20 bits per heavy atom. The molecule has 0 unspecified atom stereocenters. The maximum absolute atomic E-state index is 12.3. The number of rotatable bonds is 4. The van der Waals surface area contributed by atoms with Crippen LogP contribution in [0.1, 0.15) is 25.1 Å². The predicted octanol–water partition coefficient (Wildman–Crippen LogP) is 2.94. The lowest BCUT2D eigenvalue weighted by atomic mass is 10.1. The van der Waals surface area contributed by atoms with Crippen molar-refractivity contribution in [3.63, 3.8) is 0 Å². The third-order valence-corrected chi connectivity index (χ3v) is 4.54. The van der Waals surface area contributed by atoms with Crippen molar-refractivity contribution in [2.45, 2.75) is 27.3 Å². The SMILES string of the molecule is Cc1c(CNC(=O)[C@@H]2[C@H](C=C(Cl)Cl)C2(C)C)cnn1C. The minimum Gasteiger partial charge on any atom is -0.352 e. The number of aryl methyl sites for hydroxylation is 1. The molecule has 1 aliphatic rings. The number of nitrogens with one attached hydrogen (secondary N) is 1. The second-order valence-electron chi connectivity index (χ2n) is 5.88. The van der Waals surface area contributed by atoms with Gasteiger partial charge in [-0.05, 0) is 24.3 Å². The van der Waals surface area contributed by atoms with Gasteiger partial charge >= 0.3 is 0 Å². The molecular weight excluding hydrogens is 297 g/mol. The van der Waals surface area contributed by atoms with Crippen molar-refractivity contribution >= 4 is 29.1 Å². The van der Waals surface area contributed by atoms with Crippen molar-refractivity contribution in [3.8, 4) is 0 Å². The van der Waals surface area contributed by atoms with Crippen molar-refractivity contribution in [1.82, 2.24) is 15.1 Å². The number of nitrogens with zero attached hydrogens (tertiary/aromatic N) is 2. The fourth-order valence-electron chi connectivity index (χ4n) is 2.64. The van der Waals surface area contributed by atoms with Gasteiger partial charge < -0.3 is 5.32 Å². The van der Waals surface area contributed by atoms with Gasteiger partial charge in [0.1, 0.15) is 4.49 Å². The predicted molar refractivity (Wildman–Crippen MR) is 80.3 cm³/mol. The lowest BCUT2D eigenvalue weighted by molar-refractivity contribution is -0.123. The highest BCUT2D eigenvalue weighted by Crippen LogP contribution is 2.59. The molecule has 2 rings (SSSR count). The molecule has 1 fully saturated rings. The number of amides is 1. The molecule has 1 aromatic rings. The van der Waals surface area contributed by atoms with Gasteiger partial charge in [-0.3, -0.25) is 9.48 Å². The molecule has 4 nitrogen and oxygen atoms in total. The van der Waals surface area contributed by atoms with E-state index in [1.54, 1.807) is 17.0 Å². The summed E-state index contributed by atoms with van der Waals surface area (Å²) in [4.78, 5) is 12.3. The number of hydrogen-bond acceptors (Lipinski definition) is 2. The van der Waals surface area contributed by atoms with Crippen LogP contribution in [0.4, 0.5) is 0 Å². The lowest BCUT2D eigenvalue weighted by Crippen LogP contribution is -2.26. The zero-order chi connectivity index (χ0) is 15.1. The first kappa shape index (κ1) is 15.4. The minimum absolute atomic E-state index is 0.0362. The highest BCUT2D eigenvalue weighted by molar-refractivity contribution is 6.55.